The smallest absolute Gasteiger partial charge is 0.322 e. The Labute approximate surface area is 137 Å². The van der Waals surface area contributed by atoms with Gasteiger partial charge in [0.25, 0.3) is 0 Å². The maximum absolute atomic E-state index is 12.2. The topological polar surface area (TPSA) is 89.9 Å². The summed E-state index contributed by atoms with van der Waals surface area (Å²) in [5.41, 5.74) is 0. The summed E-state index contributed by atoms with van der Waals surface area (Å²) in [6, 6.07) is 0. The summed E-state index contributed by atoms with van der Waals surface area (Å²) in [5, 5.41) is 10.9. The highest BCUT2D eigenvalue weighted by atomic mass is 16.4. The fourth-order valence-corrected chi connectivity index (χ4v) is 3.37. The zero-order valence-electron chi connectivity index (χ0n) is 13.6. The first kappa shape index (κ1) is 17.7. The van der Waals surface area contributed by atoms with Gasteiger partial charge < -0.3 is 15.3 Å². The molecule has 7 heteroatoms. The number of carbonyl (C=O) groups is 3. The molecule has 2 amide bonds. The van der Waals surface area contributed by atoms with Crippen LogP contribution in [0.25, 0.3) is 0 Å². The lowest BCUT2D eigenvalue weighted by atomic mass is 10.0. The van der Waals surface area contributed by atoms with Gasteiger partial charge in [0.15, 0.2) is 0 Å². The largest absolute Gasteiger partial charge is 0.480 e. The van der Waals surface area contributed by atoms with Crippen LogP contribution in [0.15, 0.2) is 0 Å². The van der Waals surface area contributed by atoms with Crippen molar-refractivity contribution in [1.82, 2.24) is 15.1 Å². The number of carboxylic acids is 1. The molecule has 23 heavy (non-hydrogen) atoms. The van der Waals surface area contributed by atoms with E-state index in [2.05, 4.69) is 5.32 Å². The number of aliphatic carboxylic acids is 1. The van der Waals surface area contributed by atoms with Gasteiger partial charge in [-0.1, -0.05) is 25.7 Å². The van der Waals surface area contributed by atoms with Crippen LogP contribution in [0.1, 0.15) is 38.5 Å². The van der Waals surface area contributed by atoms with Crippen molar-refractivity contribution >= 4 is 17.8 Å². The number of carbonyl (C=O) groups excluding carboxylic acids is 2. The number of amides is 2. The molecule has 2 aliphatic rings. The Balaban J connectivity index is 1.61. The second-order valence-electron chi connectivity index (χ2n) is 6.52. The molecule has 0 radical (unpaired) electrons. The number of nitrogens with one attached hydrogen (secondary N) is 1. The summed E-state index contributed by atoms with van der Waals surface area (Å²) >= 11 is 0. The average molecular weight is 325 g/mol. The van der Waals surface area contributed by atoms with E-state index in [1.54, 1.807) is 0 Å². The van der Waals surface area contributed by atoms with E-state index >= 15 is 0 Å². The normalized spacial score (nSPS) is 19.7. The molecule has 0 aromatic rings. The fourth-order valence-electron chi connectivity index (χ4n) is 3.37. The van der Waals surface area contributed by atoms with Gasteiger partial charge >= 0.3 is 5.97 Å². The zero-order valence-corrected chi connectivity index (χ0v) is 13.6. The molecule has 2 rings (SSSR count). The van der Waals surface area contributed by atoms with E-state index in [0.717, 1.165) is 12.3 Å². The van der Waals surface area contributed by atoms with Crippen molar-refractivity contribution < 1.29 is 19.5 Å². The molecule has 7 nitrogen and oxygen atoms in total. The van der Waals surface area contributed by atoms with Crippen LogP contribution in [0.3, 0.4) is 0 Å². The predicted octanol–water partition coefficient (Wildman–Crippen LogP) is 0.302. The van der Waals surface area contributed by atoms with Gasteiger partial charge in [-0.05, 0) is 12.3 Å². The van der Waals surface area contributed by atoms with Crippen LogP contribution < -0.4 is 5.32 Å². The number of rotatable bonds is 7. The van der Waals surface area contributed by atoms with Gasteiger partial charge in [-0.2, -0.15) is 0 Å². The number of carboxylic acid groups (broad SMARTS) is 1. The first-order valence-electron chi connectivity index (χ1n) is 8.53. The van der Waals surface area contributed by atoms with Crippen LogP contribution in [-0.2, 0) is 14.4 Å². The Hall–Kier alpha value is -1.63. The summed E-state index contributed by atoms with van der Waals surface area (Å²) in [7, 11) is 0. The molecule has 0 aromatic heterocycles. The Morgan fingerprint density at radius 3 is 2.30 bits per heavy atom. The number of hydrogen-bond acceptors (Lipinski definition) is 4. The quantitative estimate of drug-likeness (QED) is 0.703. The third kappa shape index (κ3) is 6.17. The first-order chi connectivity index (χ1) is 11.0. The van der Waals surface area contributed by atoms with Crippen LogP contribution >= 0.6 is 0 Å². The van der Waals surface area contributed by atoms with E-state index < -0.39 is 5.97 Å². The van der Waals surface area contributed by atoms with Crippen molar-refractivity contribution in [3.63, 3.8) is 0 Å². The number of hydrogen-bond donors (Lipinski definition) is 2. The lowest BCUT2D eigenvalue weighted by molar-refractivity contribution is -0.138. The summed E-state index contributed by atoms with van der Waals surface area (Å²) < 4.78 is 0. The van der Waals surface area contributed by atoms with E-state index in [0.29, 0.717) is 32.6 Å². The summed E-state index contributed by atoms with van der Waals surface area (Å²) in [6.07, 6.45) is 6.81. The number of nitrogens with zero attached hydrogens (tertiary/aromatic N) is 2. The molecule has 1 saturated heterocycles. The van der Waals surface area contributed by atoms with Gasteiger partial charge in [0.05, 0.1) is 6.54 Å². The van der Waals surface area contributed by atoms with Gasteiger partial charge in [-0.25, -0.2) is 0 Å². The summed E-state index contributed by atoms with van der Waals surface area (Å²) in [4.78, 5) is 38.1. The Bertz CT molecular complexity index is 427. The third-order valence-corrected chi connectivity index (χ3v) is 4.77. The van der Waals surface area contributed by atoms with Gasteiger partial charge in [-0.3, -0.25) is 19.3 Å². The van der Waals surface area contributed by atoms with Crippen molar-refractivity contribution in [2.75, 3.05) is 39.3 Å². The second kappa shape index (κ2) is 8.86. The van der Waals surface area contributed by atoms with E-state index in [1.165, 1.54) is 25.7 Å². The van der Waals surface area contributed by atoms with Crippen LogP contribution in [-0.4, -0.2) is 72.0 Å². The average Bonchev–Trinajstić information content (AvgIpc) is 3.05. The molecule has 0 atom stereocenters. The van der Waals surface area contributed by atoms with Gasteiger partial charge in [0.1, 0.15) is 6.54 Å². The summed E-state index contributed by atoms with van der Waals surface area (Å²) in [6.45, 7) is 2.46. The Morgan fingerprint density at radius 1 is 1.04 bits per heavy atom. The molecule has 2 N–H and O–H groups in total. The highest BCUT2D eigenvalue weighted by Gasteiger charge is 2.23. The highest BCUT2D eigenvalue weighted by Crippen LogP contribution is 2.28. The van der Waals surface area contributed by atoms with Crippen LogP contribution in [0.5, 0.6) is 0 Å². The van der Waals surface area contributed by atoms with Crippen LogP contribution in [0, 0.1) is 5.92 Å². The molecule has 2 fully saturated rings. The molecule has 130 valence electrons. The third-order valence-electron chi connectivity index (χ3n) is 4.77. The Kier molecular flexibility index (Phi) is 6.83. The molecule has 1 aliphatic heterocycles. The van der Waals surface area contributed by atoms with Gasteiger partial charge in [0.2, 0.25) is 11.8 Å². The number of piperazine rings is 1. The standard InChI is InChI=1S/C16H27N3O4/c20-14(17-11-16(22)23)12-18-7-9-19(10-8-18)15(21)6-5-13-3-1-2-4-13/h13H,1-12H2,(H,17,20)(H,22,23). The van der Waals surface area contributed by atoms with E-state index in [1.807, 2.05) is 9.80 Å². The summed E-state index contributed by atoms with van der Waals surface area (Å²) in [5.74, 6) is -0.366. The van der Waals surface area contributed by atoms with Crippen molar-refractivity contribution in [1.29, 1.82) is 0 Å². The Morgan fingerprint density at radius 2 is 1.70 bits per heavy atom. The van der Waals surface area contributed by atoms with Crippen molar-refractivity contribution in [3.05, 3.63) is 0 Å². The van der Waals surface area contributed by atoms with E-state index in [-0.39, 0.29) is 24.9 Å². The lowest BCUT2D eigenvalue weighted by Gasteiger charge is -2.34. The molecule has 0 spiro atoms. The van der Waals surface area contributed by atoms with Gasteiger partial charge in [-0.15, -0.1) is 0 Å². The fraction of sp³-hybridized carbons (Fsp3) is 0.812. The predicted molar refractivity (Wildman–Crippen MR) is 84.9 cm³/mol. The van der Waals surface area contributed by atoms with E-state index in [4.69, 9.17) is 5.11 Å². The minimum absolute atomic E-state index is 0.192. The highest BCUT2D eigenvalue weighted by molar-refractivity contribution is 5.82. The molecule has 1 aliphatic carbocycles. The monoisotopic (exact) mass is 325 g/mol. The van der Waals surface area contributed by atoms with Crippen molar-refractivity contribution in [3.8, 4) is 0 Å². The minimum Gasteiger partial charge on any atom is -0.480 e. The van der Waals surface area contributed by atoms with Crippen LogP contribution in [0.4, 0.5) is 0 Å². The molecule has 0 unspecified atom stereocenters. The second-order valence-corrected chi connectivity index (χ2v) is 6.52. The molecule has 0 bridgehead atoms. The van der Waals surface area contributed by atoms with E-state index in [9.17, 15) is 14.4 Å². The minimum atomic E-state index is -1.05. The first-order valence-corrected chi connectivity index (χ1v) is 8.53. The lowest BCUT2D eigenvalue weighted by Crippen LogP contribution is -2.51. The van der Waals surface area contributed by atoms with Gasteiger partial charge in [0, 0.05) is 32.6 Å². The van der Waals surface area contributed by atoms with Crippen LogP contribution in [0.2, 0.25) is 0 Å². The SMILES string of the molecule is O=C(O)CNC(=O)CN1CCN(C(=O)CCC2CCCC2)CC1. The maximum Gasteiger partial charge on any atom is 0.322 e. The zero-order chi connectivity index (χ0) is 16.7. The molecule has 1 heterocycles. The maximum atomic E-state index is 12.2. The van der Waals surface area contributed by atoms with Crippen molar-refractivity contribution in [2.45, 2.75) is 38.5 Å². The molecular formula is C16H27N3O4. The molecule has 1 saturated carbocycles. The molecular weight excluding hydrogens is 298 g/mol. The van der Waals surface area contributed by atoms with Crippen molar-refractivity contribution in [2.24, 2.45) is 5.92 Å². The molecule has 0 aromatic carbocycles.